The standard InChI is InChI=1S/C28H23NS/c1-28(2,3)21-14-9-13-20-26-24(30-27(20)21)17-16-23-25(26)19-12-7-8-15-22(19)29(23)18-10-5-4-6-11-18/h4-17H,1-3H3. The quantitative estimate of drug-likeness (QED) is 0.258. The van der Waals surface area contributed by atoms with E-state index in [0.29, 0.717) is 0 Å². The van der Waals surface area contributed by atoms with Crippen LogP contribution in [0.2, 0.25) is 0 Å². The number of thiophene rings is 1. The Balaban J connectivity index is 1.86. The maximum atomic E-state index is 2.40. The minimum absolute atomic E-state index is 0.123. The zero-order valence-corrected chi connectivity index (χ0v) is 18.3. The lowest BCUT2D eigenvalue weighted by atomic mass is 9.86. The molecular formula is C28H23NS. The third-order valence-electron chi connectivity index (χ3n) is 6.12. The zero-order valence-electron chi connectivity index (χ0n) is 17.4. The van der Waals surface area contributed by atoms with E-state index in [9.17, 15) is 0 Å². The van der Waals surface area contributed by atoms with Gasteiger partial charge in [0.2, 0.25) is 0 Å². The molecule has 0 saturated carbocycles. The zero-order chi connectivity index (χ0) is 20.5. The summed E-state index contributed by atoms with van der Waals surface area (Å²) in [5.41, 5.74) is 5.30. The van der Waals surface area contributed by atoms with Gasteiger partial charge in [0, 0.05) is 36.6 Å². The molecule has 0 bridgehead atoms. The molecule has 2 aromatic heterocycles. The smallest absolute Gasteiger partial charge is 0.0548 e. The van der Waals surface area contributed by atoms with Crippen molar-refractivity contribution in [1.82, 2.24) is 4.57 Å². The molecule has 0 unspecified atom stereocenters. The van der Waals surface area contributed by atoms with E-state index in [4.69, 9.17) is 0 Å². The van der Waals surface area contributed by atoms with Gasteiger partial charge in [-0.05, 0) is 41.3 Å². The van der Waals surface area contributed by atoms with Crippen LogP contribution in [0.3, 0.4) is 0 Å². The second-order valence-electron chi connectivity index (χ2n) is 9.06. The molecule has 1 nitrogen and oxygen atoms in total. The van der Waals surface area contributed by atoms with Gasteiger partial charge in [-0.2, -0.15) is 0 Å². The molecule has 0 spiro atoms. The largest absolute Gasteiger partial charge is 0.309 e. The van der Waals surface area contributed by atoms with Crippen molar-refractivity contribution in [3.05, 3.63) is 90.5 Å². The molecule has 0 aliphatic heterocycles. The van der Waals surface area contributed by atoms with E-state index in [-0.39, 0.29) is 5.41 Å². The van der Waals surface area contributed by atoms with Crippen LogP contribution in [-0.4, -0.2) is 4.57 Å². The van der Waals surface area contributed by atoms with Crippen LogP contribution < -0.4 is 0 Å². The Kier molecular flexibility index (Phi) is 3.66. The Bertz CT molecular complexity index is 1560. The highest BCUT2D eigenvalue weighted by atomic mass is 32.1. The fourth-order valence-electron chi connectivity index (χ4n) is 4.79. The average Bonchev–Trinajstić information content (AvgIpc) is 3.28. The third-order valence-corrected chi connectivity index (χ3v) is 7.32. The van der Waals surface area contributed by atoms with Gasteiger partial charge >= 0.3 is 0 Å². The lowest BCUT2D eigenvalue weighted by molar-refractivity contribution is 0.597. The van der Waals surface area contributed by atoms with Gasteiger partial charge in [0.05, 0.1) is 11.0 Å². The van der Waals surface area contributed by atoms with E-state index >= 15 is 0 Å². The molecule has 0 aliphatic carbocycles. The fourth-order valence-corrected chi connectivity index (χ4v) is 6.23. The van der Waals surface area contributed by atoms with Gasteiger partial charge < -0.3 is 4.57 Å². The van der Waals surface area contributed by atoms with Gasteiger partial charge in [-0.3, -0.25) is 0 Å². The Morgan fingerprint density at radius 2 is 1.37 bits per heavy atom. The number of rotatable bonds is 1. The SMILES string of the molecule is CC(C)(C)c1cccc2c1sc1ccc3c(c4ccccc4n3-c3ccccc3)c12. The number of fused-ring (bicyclic) bond motifs is 7. The molecule has 0 amide bonds. The van der Waals surface area contributed by atoms with Crippen molar-refractivity contribution < 1.29 is 0 Å². The first kappa shape index (κ1) is 17.7. The van der Waals surface area contributed by atoms with Crippen LogP contribution in [0.5, 0.6) is 0 Å². The van der Waals surface area contributed by atoms with E-state index in [1.54, 1.807) is 0 Å². The lowest BCUT2D eigenvalue weighted by Crippen LogP contribution is -2.10. The number of hydrogen-bond acceptors (Lipinski definition) is 1. The maximum Gasteiger partial charge on any atom is 0.0548 e. The summed E-state index contributed by atoms with van der Waals surface area (Å²) in [5.74, 6) is 0. The van der Waals surface area contributed by atoms with Crippen molar-refractivity contribution in [3.8, 4) is 5.69 Å². The summed E-state index contributed by atoms with van der Waals surface area (Å²) in [7, 11) is 0. The van der Waals surface area contributed by atoms with Crippen molar-refractivity contribution in [2.45, 2.75) is 26.2 Å². The molecular weight excluding hydrogens is 382 g/mol. The van der Waals surface area contributed by atoms with Crippen molar-refractivity contribution in [2.75, 3.05) is 0 Å². The number of aromatic nitrogens is 1. The molecule has 6 aromatic rings. The normalized spacial score (nSPS) is 12.5. The summed E-state index contributed by atoms with van der Waals surface area (Å²) < 4.78 is 5.19. The monoisotopic (exact) mass is 405 g/mol. The van der Waals surface area contributed by atoms with Gasteiger partial charge in [0.15, 0.2) is 0 Å². The molecule has 2 heteroatoms. The minimum Gasteiger partial charge on any atom is -0.309 e. The molecule has 0 N–H and O–H groups in total. The topological polar surface area (TPSA) is 4.93 Å². The lowest BCUT2D eigenvalue weighted by Gasteiger charge is -2.19. The number of benzene rings is 4. The predicted molar refractivity (Wildman–Crippen MR) is 132 cm³/mol. The molecule has 0 atom stereocenters. The summed E-state index contributed by atoms with van der Waals surface area (Å²) in [5, 5.41) is 5.46. The summed E-state index contributed by atoms with van der Waals surface area (Å²) in [6, 6.07) is 30.9. The fraction of sp³-hybridized carbons (Fsp3) is 0.143. The van der Waals surface area contributed by atoms with Crippen LogP contribution in [0.1, 0.15) is 26.3 Å². The molecule has 0 aliphatic rings. The highest BCUT2D eigenvalue weighted by Crippen LogP contribution is 2.45. The van der Waals surface area contributed by atoms with E-state index in [2.05, 4.69) is 110 Å². The molecule has 0 fully saturated rings. The van der Waals surface area contributed by atoms with Crippen LogP contribution in [-0.2, 0) is 5.41 Å². The Hall–Kier alpha value is -3.10. The summed E-state index contributed by atoms with van der Waals surface area (Å²) >= 11 is 1.93. The van der Waals surface area contributed by atoms with Gasteiger partial charge in [0.25, 0.3) is 0 Å². The van der Waals surface area contributed by atoms with Gasteiger partial charge in [-0.15, -0.1) is 11.3 Å². The third kappa shape index (κ3) is 2.41. The number of nitrogens with zero attached hydrogens (tertiary/aromatic N) is 1. The van der Waals surface area contributed by atoms with Crippen molar-refractivity contribution in [1.29, 1.82) is 0 Å². The molecule has 0 radical (unpaired) electrons. The predicted octanol–water partition coefficient (Wildman–Crippen LogP) is 8.45. The number of para-hydroxylation sites is 2. The van der Waals surface area contributed by atoms with Crippen molar-refractivity contribution in [2.24, 2.45) is 0 Å². The Labute approximate surface area is 180 Å². The van der Waals surface area contributed by atoms with Crippen LogP contribution in [0.25, 0.3) is 47.7 Å². The van der Waals surface area contributed by atoms with Crippen LogP contribution in [0, 0.1) is 0 Å². The van der Waals surface area contributed by atoms with Crippen LogP contribution in [0.15, 0.2) is 84.9 Å². The molecule has 0 saturated heterocycles. The maximum absolute atomic E-state index is 2.40. The molecule has 4 aromatic carbocycles. The summed E-state index contributed by atoms with van der Waals surface area (Å²) in [6.07, 6.45) is 0. The summed E-state index contributed by atoms with van der Waals surface area (Å²) in [6.45, 7) is 6.93. The second-order valence-corrected chi connectivity index (χ2v) is 10.1. The molecule has 146 valence electrons. The minimum atomic E-state index is 0.123. The molecule has 2 heterocycles. The Morgan fingerprint density at radius 3 is 2.17 bits per heavy atom. The van der Waals surface area contributed by atoms with Gasteiger partial charge in [-0.25, -0.2) is 0 Å². The summed E-state index contributed by atoms with van der Waals surface area (Å²) in [4.78, 5) is 0. The van der Waals surface area contributed by atoms with Gasteiger partial charge in [0.1, 0.15) is 0 Å². The first-order valence-electron chi connectivity index (χ1n) is 10.5. The van der Waals surface area contributed by atoms with E-state index < -0.39 is 0 Å². The Morgan fingerprint density at radius 1 is 0.633 bits per heavy atom. The first-order valence-corrected chi connectivity index (χ1v) is 11.3. The van der Waals surface area contributed by atoms with Crippen LogP contribution >= 0.6 is 11.3 Å². The van der Waals surface area contributed by atoms with Gasteiger partial charge in [-0.1, -0.05) is 75.4 Å². The van der Waals surface area contributed by atoms with Crippen molar-refractivity contribution in [3.63, 3.8) is 0 Å². The average molecular weight is 406 g/mol. The molecule has 30 heavy (non-hydrogen) atoms. The van der Waals surface area contributed by atoms with Crippen LogP contribution in [0.4, 0.5) is 0 Å². The van der Waals surface area contributed by atoms with Crippen molar-refractivity contribution >= 4 is 53.3 Å². The second kappa shape index (κ2) is 6.20. The first-order chi connectivity index (χ1) is 14.5. The van der Waals surface area contributed by atoms with E-state index in [1.807, 2.05) is 11.3 Å². The highest BCUT2D eigenvalue weighted by molar-refractivity contribution is 7.26. The molecule has 6 rings (SSSR count). The number of hydrogen-bond donors (Lipinski definition) is 0. The van der Waals surface area contributed by atoms with E-state index in [1.165, 1.54) is 53.2 Å². The highest BCUT2D eigenvalue weighted by Gasteiger charge is 2.22. The van der Waals surface area contributed by atoms with E-state index in [0.717, 1.165) is 0 Å².